The van der Waals surface area contributed by atoms with E-state index in [1.54, 1.807) is 18.4 Å². The molecule has 74 valence electrons. The van der Waals surface area contributed by atoms with Gasteiger partial charge in [0.15, 0.2) is 0 Å². The summed E-state index contributed by atoms with van der Waals surface area (Å²) < 4.78 is 33.9. The summed E-state index contributed by atoms with van der Waals surface area (Å²) in [6.45, 7) is 0.669. The second kappa shape index (κ2) is 4.40. The third-order valence-electron chi connectivity index (χ3n) is 1.42. The van der Waals surface area contributed by atoms with E-state index >= 15 is 0 Å². The van der Waals surface area contributed by atoms with Gasteiger partial charge in [0.05, 0.1) is 18.6 Å². The summed E-state index contributed by atoms with van der Waals surface area (Å²) in [5.41, 5.74) is 0. The molecule has 0 unspecified atom stereocenters. The van der Waals surface area contributed by atoms with Crippen molar-refractivity contribution in [2.24, 2.45) is 0 Å². The summed E-state index contributed by atoms with van der Waals surface area (Å²) in [4.78, 5) is 0. The highest BCUT2D eigenvalue weighted by Gasteiger charge is 2.03. The Morgan fingerprint density at radius 2 is 2.31 bits per heavy atom. The molecule has 0 saturated carbocycles. The summed E-state index contributed by atoms with van der Waals surface area (Å²) in [5.74, 6) is 0.448. The molecule has 1 heterocycles. The molecule has 2 N–H and O–H groups in total. The minimum atomic E-state index is -3.86. The number of hydrogen-bond acceptors (Lipinski definition) is 4. The Morgan fingerprint density at radius 1 is 1.54 bits per heavy atom. The van der Waals surface area contributed by atoms with Gasteiger partial charge in [-0.3, -0.25) is 4.55 Å². The van der Waals surface area contributed by atoms with Gasteiger partial charge in [0.2, 0.25) is 0 Å². The smallest absolute Gasteiger partial charge is 0.266 e. The predicted molar refractivity (Wildman–Crippen MR) is 46.8 cm³/mol. The Bertz CT molecular complexity index is 329. The molecule has 0 fully saturated rings. The lowest BCUT2D eigenvalue weighted by molar-refractivity contribution is 0.470. The molecule has 0 aliphatic heterocycles. The molecule has 1 aromatic rings. The summed E-state index contributed by atoms with van der Waals surface area (Å²) in [6, 6.07) is 3.53. The van der Waals surface area contributed by atoms with E-state index in [9.17, 15) is 8.42 Å². The van der Waals surface area contributed by atoms with Gasteiger partial charge in [-0.15, -0.1) is 0 Å². The Kier molecular flexibility index (Phi) is 3.47. The van der Waals surface area contributed by atoms with Gasteiger partial charge in [0.25, 0.3) is 10.1 Å². The largest absolute Gasteiger partial charge is 0.468 e. The highest BCUT2D eigenvalue weighted by atomic mass is 32.2. The van der Waals surface area contributed by atoms with Crippen molar-refractivity contribution in [2.45, 2.75) is 6.54 Å². The van der Waals surface area contributed by atoms with Crippen LogP contribution in [0, 0.1) is 0 Å². The van der Waals surface area contributed by atoms with E-state index in [4.69, 9.17) is 8.97 Å². The van der Waals surface area contributed by atoms with Crippen LogP contribution < -0.4 is 5.32 Å². The third kappa shape index (κ3) is 4.66. The molecule has 5 nitrogen and oxygen atoms in total. The molecule has 13 heavy (non-hydrogen) atoms. The molecule has 0 radical (unpaired) electrons. The first kappa shape index (κ1) is 10.2. The summed E-state index contributed by atoms with van der Waals surface area (Å²) in [5, 5.41) is 2.81. The maximum Gasteiger partial charge on any atom is 0.266 e. The molecular weight excluding hydrogens is 194 g/mol. The standard InChI is InChI=1S/C7H11NO4S/c9-13(10,11)5-3-8-6-7-2-1-4-12-7/h1-2,4,8H,3,5-6H2,(H,9,10,11). The lowest BCUT2D eigenvalue weighted by atomic mass is 10.4. The molecule has 0 spiro atoms. The van der Waals surface area contributed by atoms with Crippen LogP contribution in [0.2, 0.25) is 0 Å². The zero-order valence-corrected chi connectivity index (χ0v) is 7.75. The zero-order valence-electron chi connectivity index (χ0n) is 6.93. The van der Waals surface area contributed by atoms with E-state index in [1.807, 2.05) is 0 Å². The van der Waals surface area contributed by atoms with Gasteiger partial charge in [0.1, 0.15) is 5.76 Å². The van der Waals surface area contributed by atoms with Gasteiger partial charge < -0.3 is 9.73 Å². The van der Waals surface area contributed by atoms with E-state index < -0.39 is 10.1 Å². The van der Waals surface area contributed by atoms with Gasteiger partial charge in [-0.1, -0.05) is 0 Å². The van der Waals surface area contributed by atoms with Crippen LogP contribution in [0.3, 0.4) is 0 Å². The topological polar surface area (TPSA) is 79.5 Å². The fourth-order valence-corrected chi connectivity index (χ4v) is 1.23. The van der Waals surface area contributed by atoms with E-state index in [-0.39, 0.29) is 12.3 Å². The van der Waals surface area contributed by atoms with Crippen LogP contribution in [0.25, 0.3) is 0 Å². The monoisotopic (exact) mass is 205 g/mol. The van der Waals surface area contributed by atoms with Crippen molar-refractivity contribution in [3.8, 4) is 0 Å². The summed E-state index contributed by atoms with van der Waals surface area (Å²) in [7, 11) is -3.86. The molecule has 0 saturated heterocycles. The molecule has 0 bridgehead atoms. The normalized spacial score (nSPS) is 11.8. The maximum absolute atomic E-state index is 10.3. The van der Waals surface area contributed by atoms with Crippen LogP contribution in [-0.4, -0.2) is 25.3 Å². The minimum Gasteiger partial charge on any atom is -0.468 e. The molecule has 0 aliphatic rings. The maximum atomic E-state index is 10.3. The average molecular weight is 205 g/mol. The Balaban J connectivity index is 2.16. The zero-order chi connectivity index (χ0) is 9.73. The van der Waals surface area contributed by atoms with Crippen molar-refractivity contribution in [1.82, 2.24) is 5.32 Å². The number of nitrogens with one attached hydrogen (secondary N) is 1. The van der Waals surface area contributed by atoms with Gasteiger partial charge in [0, 0.05) is 6.54 Å². The van der Waals surface area contributed by atoms with Crippen LogP contribution in [-0.2, 0) is 16.7 Å². The van der Waals surface area contributed by atoms with Crippen molar-refractivity contribution >= 4 is 10.1 Å². The van der Waals surface area contributed by atoms with Gasteiger partial charge >= 0.3 is 0 Å². The van der Waals surface area contributed by atoms with Crippen molar-refractivity contribution in [1.29, 1.82) is 0 Å². The Hall–Kier alpha value is -0.850. The highest BCUT2D eigenvalue weighted by Crippen LogP contribution is 1.97. The molecule has 1 aromatic heterocycles. The summed E-state index contributed by atoms with van der Waals surface area (Å²) >= 11 is 0. The van der Waals surface area contributed by atoms with Gasteiger partial charge in [-0.2, -0.15) is 8.42 Å². The first-order valence-electron chi connectivity index (χ1n) is 3.76. The lowest BCUT2D eigenvalue weighted by Crippen LogP contribution is -2.21. The van der Waals surface area contributed by atoms with Crippen LogP contribution in [0.4, 0.5) is 0 Å². The molecule has 0 amide bonds. The molecule has 0 aliphatic carbocycles. The van der Waals surface area contributed by atoms with Crippen LogP contribution in [0.1, 0.15) is 5.76 Å². The minimum absolute atomic E-state index is 0.208. The molecular formula is C7H11NO4S. The first-order chi connectivity index (χ1) is 6.08. The SMILES string of the molecule is O=S(=O)(O)CCNCc1ccco1. The van der Waals surface area contributed by atoms with Gasteiger partial charge in [-0.05, 0) is 12.1 Å². The third-order valence-corrected chi connectivity index (χ3v) is 2.14. The van der Waals surface area contributed by atoms with E-state index in [2.05, 4.69) is 5.32 Å². The van der Waals surface area contributed by atoms with Crippen molar-refractivity contribution in [3.63, 3.8) is 0 Å². The predicted octanol–water partition coefficient (Wildman–Crippen LogP) is 0.257. The van der Waals surface area contributed by atoms with E-state index in [0.717, 1.165) is 5.76 Å². The van der Waals surface area contributed by atoms with Crippen molar-refractivity contribution < 1.29 is 17.4 Å². The van der Waals surface area contributed by atoms with Crippen LogP contribution >= 0.6 is 0 Å². The Morgan fingerprint density at radius 3 is 2.85 bits per heavy atom. The van der Waals surface area contributed by atoms with E-state index in [1.165, 1.54) is 0 Å². The number of rotatable bonds is 5. The molecule has 1 rings (SSSR count). The average Bonchev–Trinajstić information content (AvgIpc) is 2.48. The van der Waals surface area contributed by atoms with E-state index in [0.29, 0.717) is 6.54 Å². The number of furan rings is 1. The molecule has 6 heteroatoms. The quantitative estimate of drug-likeness (QED) is 0.532. The highest BCUT2D eigenvalue weighted by molar-refractivity contribution is 7.85. The second-order valence-electron chi connectivity index (χ2n) is 2.54. The second-order valence-corrected chi connectivity index (χ2v) is 4.11. The Labute approximate surface area is 76.5 Å². The fourth-order valence-electron chi connectivity index (χ4n) is 0.826. The lowest BCUT2D eigenvalue weighted by Gasteiger charge is -1.99. The molecule has 0 aromatic carbocycles. The molecule has 0 atom stereocenters. The van der Waals surface area contributed by atoms with Crippen LogP contribution in [0.5, 0.6) is 0 Å². The van der Waals surface area contributed by atoms with Gasteiger partial charge in [-0.25, -0.2) is 0 Å². The first-order valence-corrected chi connectivity index (χ1v) is 5.37. The van der Waals surface area contributed by atoms with Crippen LogP contribution in [0.15, 0.2) is 22.8 Å². The van der Waals surface area contributed by atoms with Crippen molar-refractivity contribution in [2.75, 3.05) is 12.3 Å². The fraction of sp³-hybridized carbons (Fsp3) is 0.429. The van der Waals surface area contributed by atoms with Crippen molar-refractivity contribution in [3.05, 3.63) is 24.2 Å². The number of hydrogen-bond donors (Lipinski definition) is 2. The summed E-state index contributed by atoms with van der Waals surface area (Å²) in [6.07, 6.45) is 1.54.